The lowest BCUT2D eigenvalue weighted by Gasteiger charge is -2.11. The normalized spacial score (nSPS) is 13.9. The van der Waals surface area contributed by atoms with Crippen LogP contribution in [0.15, 0.2) is 14.7 Å². The fraction of sp³-hybridized carbons (Fsp3) is 0.562. The van der Waals surface area contributed by atoms with E-state index >= 15 is 0 Å². The molecular weight excluding hydrogens is 372 g/mol. The predicted molar refractivity (Wildman–Crippen MR) is 100 cm³/mol. The first kappa shape index (κ1) is 19.4. The molecule has 0 bridgehead atoms. The van der Waals surface area contributed by atoms with Gasteiger partial charge in [0.05, 0.1) is 18.9 Å². The summed E-state index contributed by atoms with van der Waals surface area (Å²) in [7, 11) is 1.48. The van der Waals surface area contributed by atoms with E-state index in [1.54, 1.807) is 0 Å². The van der Waals surface area contributed by atoms with E-state index in [0.29, 0.717) is 17.6 Å². The summed E-state index contributed by atoms with van der Waals surface area (Å²) in [5, 5.41) is 9.02. The second kappa shape index (κ2) is 8.09. The molecule has 2 aromatic heterocycles. The van der Waals surface area contributed by atoms with Gasteiger partial charge < -0.3 is 15.0 Å². The van der Waals surface area contributed by atoms with Crippen molar-refractivity contribution in [1.82, 2.24) is 24.3 Å². The highest BCUT2D eigenvalue weighted by molar-refractivity contribution is 7.99. The van der Waals surface area contributed by atoms with E-state index in [1.807, 2.05) is 11.5 Å². The Kier molecular flexibility index (Phi) is 5.80. The van der Waals surface area contributed by atoms with Crippen LogP contribution in [-0.2, 0) is 17.8 Å². The first-order valence-corrected chi connectivity index (χ1v) is 9.67. The summed E-state index contributed by atoms with van der Waals surface area (Å²) in [6.45, 7) is 3.07. The molecule has 1 aliphatic carbocycles. The number of rotatable bonds is 9. The lowest BCUT2D eigenvalue weighted by Crippen LogP contribution is -2.37. The molecule has 10 nitrogen and oxygen atoms in total. The van der Waals surface area contributed by atoms with Gasteiger partial charge in [0.15, 0.2) is 10.9 Å². The Balaban J connectivity index is 1.80. The highest BCUT2D eigenvalue weighted by atomic mass is 32.2. The van der Waals surface area contributed by atoms with E-state index in [1.165, 1.54) is 18.9 Å². The van der Waals surface area contributed by atoms with Crippen molar-refractivity contribution < 1.29 is 9.53 Å². The van der Waals surface area contributed by atoms with Gasteiger partial charge >= 0.3 is 5.69 Å². The zero-order valence-corrected chi connectivity index (χ0v) is 16.0. The number of nitrogen functional groups attached to an aromatic ring is 1. The van der Waals surface area contributed by atoms with Crippen LogP contribution in [0.3, 0.4) is 0 Å². The number of carbonyl (C=O) groups is 1. The number of nitrogens with one attached hydrogen (secondary N) is 1. The number of hydrogen-bond acceptors (Lipinski definition) is 8. The zero-order chi connectivity index (χ0) is 19.6. The summed E-state index contributed by atoms with van der Waals surface area (Å²) in [6.07, 6.45) is 2.22. The number of hydrogen-bond donors (Lipinski definition) is 2. The van der Waals surface area contributed by atoms with Gasteiger partial charge in [-0.3, -0.25) is 19.1 Å². The Morgan fingerprint density at radius 3 is 2.70 bits per heavy atom. The van der Waals surface area contributed by atoms with Gasteiger partial charge in [-0.15, -0.1) is 10.2 Å². The largest absolute Gasteiger partial charge is 0.384 e. The third-order valence-electron chi connectivity index (χ3n) is 4.37. The van der Waals surface area contributed by atoms with Crippen LogP contribution in [-0.4, -0.2) is 49.6 Å². The number of H-pyrrole nitrogens is 1. The summed E-state index contributed by atoms with van der Waals surface area (Å²) in [5.74, 6) is 0.743. The van der Waals surface area contributed by atoms with Crippen LogP contribution in [0.2, 0.25) is 0 Å². The van der Waals surface area contributed by atoms with Gasteiger partial charge in [0.2, 0.25) is 0 Å². The quantitative estimate of drug-likeness (QED) is 0.455. The summed E-state index contributed by atoms with van der Waals surface area (Å²) in [4.78, 5) is 38.8. The molecule has 0 spiro atoms. The average Bonchev–Trinajstić information content (AvgIpc) is 3.39. The van der Waals surface area contributed by atoms with Gasteiger partial charge in [0.25, 0.3) is 5.56 Å². The molecule has 27 heavy (non-hydrogen) atoms. The molecule has 2 aromatic rings. The standard InChI is InChI=1S/C16H22N6O4S/c1-3-21-13(9-4-5-9)19-20-16(21)27-8-10(23)11-12(17)22(6-7-26-2)15(25)18-14(11)24/h9H,3-8,17H2,1-2H3,(H,18,24,25). The van der Waals surface area contributed by atoms with Gasteiger partial charge in [-0.1, -0.05) is 11.8 Å². The Bertz CT molecular complexity index is 959. The Hall–Kier alpha value is -2.40. The third kappa shape index (κ3) is 3.98. The molecule has 1 aliphatic rings. The van der Waals surface area contributed by atoms with E-state index in [0.717, 1.165) is 23.2 Å². The van der Waals surface area contributed by atoms with Crippen molar-refractivity contribution >= 4 is 23.4 Å². The van der Waals surface area contributed by atoms with Crippen LogP contribution in [0, 0.1) is 0 Å². The van der Waals surface area contributed by atoms with E-state index in [9.17, 15) is 14.4 Å². The molecule has 0 unspecified atom stereocenters. The molecule has 0 aliphatic heterocycles. The maximum Gasteiger partial charge on any atom is 0.330 e. The zero-order valence-electron chi connectivity index (χ0n) is 15.2. The molecule has 3 N–H and O–H groups in total. The second-order valence-corrected chi connectivity index (χ2v) is 7.18. The molecule has 2 heterocycles. The van der Waals surface area contributed by atoms with Gasteiger partial charge in [0, 0.05) is 19.6 Å². The summed E-state index contributed by atoms with van der Waals surface area (Å²) < 4.78 is 8.05. The van der Waals surface area contributed by atoms with Crippen LogP contribution in [0.5, 0.6) is 0 Å². The predicted octanol–water partition coefficient (Wildman–Crippen LogP) is 0.229. The van der Waals surface area contributed by atoms with Crippen molar-refractivity contribution in [2.45, 2.75) is 43.9 Å². The number of ketones is 1. The molecule has 0 aromatic carbocycles. The highest BCUT2D eigenvalue weighted by Gasteiger charge is 2.30. The maximum absolute atomic E-state index is 12.6. The van der Waals surface area contributed by atoms with Crippen LogP contribution in [0.1, 0.15) is 41.9 Å². The van der Waals surface area contributed by atoms with Crippen molar-refractivity contribution in [2.24, 2.45) is 0 Å². The van der Waals surface area contributed by atoms with Crippen LogP contribution in [0.25, 0.3) is 0 Å². The molecule has 146 valence electrons. The smallest absolute Gasteiger partial charge is 0.330 e. The fourth-order valence-corrected chi connectivity index (χ4v) is 3.69. The van der Waals surface area contributed by atoms with E-state index in [-0.39, 0.29) is 30.3 Å². The van der Waals surface area contributed by atoms with Gasteiger partial charge in [-0.25, -0.2) is 4.79 Å². The monoisotopic (exact) mass is 394 g/mol. The number of nitrogens with two attached hydrogens (primary N) is 1. The summed E-state index contributed by atoms with van der Waals surface area (Å²) >= 11 is 1.21. The number of nitrogens with zero attached hydrogens (tertiary/aromatic N) is 4. The first-order chi connectivity index (χ1) is 13.0. The minimum Gasteiger partial charge on any atom is -0.384 e. The van der Waals surface area contributed by atoms with E-state index in [2.05, 4.69) is 15.2 Å². The second-order valence-electron chi connectivity index (χ2n) is 6.24. The Labute approximate surface area is 159 Å². The van der Waals surface area contributed by atoms with Crippen LogP contribution < -0.4 is 17.0 Å². The Morgan fingerprint density at radius 2 is 2.07 bits per heavy atom. The topological polar surface area (TPSA) is 138 Å². The van der Waals surface area contributed by atoms with Gasteiger partial charge in [-0.2, -0.15) is 0 Å². The number of methoxy groups -OCH3 is 1. The van der Waals surface area contributed by atoms with Crippen LogP contribution in [0.4, 0.5) is 5.82 Å². The van der Waals surface area contributed by atoms with Gasteiger partial charge in [-0.05, 0) is 19.8 Å². The summed E-state index contributed by atoms with van der Waals surface area (Å²) in [6, 6.07) is 0. The Morgan fingerprint density at radius 1 is 1.33 bits per heavy atom. The lowest BCUT2D eigenvalue weighted by atomic mass is 10.2. The first-order valence-electron chi connectivity index (χ1n) is 8.68. The molecule has 11 heteroatoms. The number of ether oxygens (including phenoxy) is 1. The molecule has 1 fully saturated rings. The number of carbonyl (C=O) groups excluding carboxylic acids is 1. The molecule has 1 saturated carbocycles. The number of thioether (sulfide) groups is 1. The third-order valence-corrected chi connectivity index (χ3v) is 5.34. The molecular formula is C16H22N6O4S. The molecule has 0 atom stereocenters. The van der Waals surface area contributed by atoms with Crippen LogP contribution >= 0.6 is 11.8 Å². The van der Waals surface area contributed by atoms with Crippen molar-refractivity contribution in [3.63, 3.8) is 0 Å². The van der Waals surface area contributed by atoms with Crippen molar-refractivity contribution in [3.8, 4) is 0 Å². The SMILES string of the molecule is CCn1c(SCC(=O)c2c(N)n(CCOC)c(=O)[nH]c2=O)nnc1C1CC1. The minimum absolute atomic E-state index is 0.0292. The number of aromatic nitrogens is 5. The summed E-state index contributed by atoms with van der Waals surface area (Å²) in [5.41, 5.74) is 4.26. The van der Waals surface area contributed by atoms with E-state index < -0.39 is 17.0 Å². The fourth-order valence-electron chi connectivity index (χ4n) is 2.81. The van der Waals surface area contributed by atoms with E-state index in [4.69, 9.17) is 10.5 Å². The maximum atomic E-state index is 12.6. The molecule has 0 radical (unpaired) electrons. The lowest BCUT2D eigenvalue weighted by molar-refractivity contribution is 0.102. The number of anilines is 1. The van der Waals surface area contributed by atoms with Gasteiger partial charge in [0.1, 0.15) is 17.2 Å². The minimum atomic E-state index is -0.785. The van der Waals surface area contributed by atoms with Crippen molar-refractivity contribution in [3.05, 3.63) is 32.2 Å². The van der Waals surface area contributed by atoms with Crippen molar-refractivity contribution in [2.75, 3.05) is 25.2 Å². The number of Topliss-reactive ketones (excluding diaryl/α,β-unsaturated/α-hetero) is 1. The number of aromatic amines is 1. The highest BCUT2D eigenvalue weighted by Crippen LogP contribution is 2.40. The van der Waals surface area contributed by atoms with Crippen molar-refractivity contribution in [1.29, 1.82) is 0 Å². The molecule has 0 amide bonds. The molecule has 3 rings (SSSR count). The average molecular weight is 394 g/mol. The molecule has 0 saturated heterocycles.